The quantitative estimate of drug-likeness (QED) is 0.357. The molecule has 1 saturated heterocycles. The molecule has 0 atom stereocenters. The molecular weight excluding hydrogens is 404 g/mol. The van der Waals surface area contributed by atoms with Gasteiger partial charge >= 0.3 is 0 Å². The van der Waals surface area contributed by atoms with E-state index in [1.807, 2.05) is 36.5 Å². The number of benzene rings is 2. The number of nitrogens with one attached hydrogen (secondary N) is 4. The number of nitrogens with zero attached hydrogens (tertiary/aromatic N) is 2. The summed E-state index contributed by atoms with van der Waals surface area (Å²) in [6.45, 7) is 1.80. The summed E-state index contributed by atoms with van der Waals surface area (Å²) in [5, 5.41) is 11.5. The van der Waals surface area contributed by atoms with Gasteiger partial charge in [0.25, 0.3) is 0 Å². The monoisotopic (exact) mass is 428 g/mol. The van der Waals surface area contributed by atoms with Crippen molar-refractivity contribution in [2.75, 3.05) is 30.8 Å². The van der Waals surface area contributed by atoms with Crippen molar-refractivity contribution < 1.29 is 9.53 Å². The van der Waals surface area contributed by atoms with Crippen LogP contribution >= 0.6 is 0 Å². The van der Waals surface area contributed by atoms with Gasteiger partial charge in [-0.15, -0.1) is 0 Å². The Balaban J connectivity index is 1.47. The van der Waals surface area contributed by atoms with Crippen LogP contribution in [0.5, 0.6) is 5.75 Å². The minimum Gasteiger partial charge on any atom is -0.494 e. The van der Waals surface area contributed by atoms with Crippen LogP contribution < -0.4 is 20.7 Å². The maximum atomic E-state index is 12.6. The van der Waals surface area contributed by atoms with E-state index >= 15 is 0 Å². The molecule has 3 heterocycles. The maximum Gasteiger partial charge on any atom is 0.248 e. The molecule has 8 nitrogen and oxygen atoms in total. The largest absolute Gasteiger partial charge is 0.494 e. The molecule has 0 radical (unpaired) electrons. The van der Waals surface area contributed by atoms with Crippen molar-refractivity contribution in [3.05, 3.63) is 60.6 Å². The summed E-state index contributed by atoms with van der Waals surface area (Å²) in [4.78, 5) is 24.7. The van der Waals surface area contributed by atoms with Crippen LogP contribution in [-0.4, -0.2) is 41.1 Å². The van der Waals surface area contributed by atoms with E-state index in [0.717, 1.165) is 59.0 Å². The van der Waals surface area contributed by atoms with Gasteiger partial charge in [-0.3, -0.25) is 4.79 Å². The number of anilines is 3. The van der Waals surface area contributed by atoms with Crippen molar-refractivity contribution in [3.63, 3.8) is 0 Å². The molecule has 5 rings (SSSR count). The van der Waals surface area contributed by atoms with Gasteiger partial charge in [-0.25, -0.2) is 9.97 Å². The van der Waals surface area contributed by atoms with E-state index in [0.29, 0.717) is 17.3 Å². The topological polar surface area (TPSA) is 104 Å². The molecule has 1 fully saturated rings. The zero-order valence-corrected chi connectivity index (χ0v) is 17.7. The van der Waals surface area contributed by atoms with Crippen LogP contribution in [0.15, 0.2) is 60.6 Å². The van der Waals surface area contributed by atoms with E-state index < -0.39 is 0 Å². The van der Waals surface area contributed by atoms with Gasteiger partial charge in [0, 0.05) is 40.3 Å². The van der Waals surface area contributed by atoms with Crippen LogP contribution in [-0.2, 0) is 4.79 Å². The van der Waals surface area contributed by atoms with E-state index in [9.17, 15) is 4.79 Å². The fourth-order valence-electron chi connectivity index (χ4n) is 3.96. The molecule has 32 heavy (non-hydrogen) atoms. The van der Waals surface area contributed by atoms with Crippen LogP contribution in [0.3, 0.4) is 0 Å². The van der Waals surface area contributed by atoms with Crippen LogP contribution in [0.25, 0.3) is 21.8 Å². The number of aromatic amines is 1. The van der Waals surface area contributed by atoms with Crippen LogP contribution in [0.4, 0.5) is 17.2 Å². The molecule has 0 unspecified atom stereocenters. The van der Waals surface area contributed by atoms with E-state index in [-0.39, 0.29) is 5.91 Å². The Labute approximate surface area is 185 Å². The Morgan fingerprint density at radius 1 is 1.12 bits per heavy atom. The van der Waals surface area contributed by atoms with Crippen molar-refractivity contribution in [1.82, 2.24) is 20.3 Å². The van der Waals surface area contributed by atoms with Crippen molar-refractivity contribution in [1.29, 1.82) is 0 Å². The van der Waals surface area contributed by atoms with Crippen molar-refractivity contribution in [2.24, 2.45) is 0 Å². The lowest BCUT2D eigenvalue weighted by Crippen LogP contribution is -2.24. The predicted molar refractivity (Wildman–Crippen MR) is 126 cm³/mol. The lowest BCUT2D eigenvalue weighted by atomic mass is 10.1. The predicted octanol–water partition coefficient (Wildman–Crippen LogP) is 4.11. The SMILES string of the molecule is COc1cc2ncnc(Nc3ccc4[nH]ccc4c3)c2cc1NC(=O)C=C1CCNCC1. The molecule has 0 bridgehead atoms. The number of fused-ring (bicyclic) bond motifs is 2. The van der Waals surface area contributed by atoms with E-state index in [1.54, 1.807) is 13.2 Å². The first-order valence-electron chi connectivity index (χ1n) is 10.6. The zero-order valence-electron chi connectivity index (χ0n) is 17.7. The Morgan fingerprint density at radius 3 is 2.84 bits per heavy atom. The molecular formula is C24H24N6O2. The first-order valence-corrected chi connectivity index (χ1v) is 10.6. The highest BCUT2D eigenvalue weighted by atomic mass is 16.5. The minimum absolute atomic E-state index is 0.163. The number of ether oxygens (including phenoxy) is 1. The molecule has 8 heteroatoms. The molecule has 0 aliphatic carbocycles. The van der Waals surface area contributed by atoms with Gasteiger partial charge in [0.1, 0.15) is 17.9 Å². The molecule has 2 aromatic carbocycles. The summed E-state index contributed by atoms with van der Waals surface area (Å²) in [5.74, 6) is 1.04. The second kappa shape index (κ2) is 8.68. The smallest absolute Gasteiger partial charge is 0.248 e. The number of rotatable bonds is 5. The Morgan fingerprint density at radius 2 is 2.00 bits per heavy atom. The van der Waals surface area contributed by atoms with Crippen molar-refractivity contribution >= 4 is 44.9 Å². The molecule has 2 aromatic heterocycles. The van der Waals surface area contributed by atoms with E-state index in [2.05, 4.69) is 37.0 Å². The maximum absolute atomic E-state index is 12.6. The summed E-state index contributed by atoms with van der Waals surface area (Å²) in [7, 11) is 1.58. The first kappa shape index (κ1) is 20.0. The molecule has 1 aliphatic rings. The number of aromatic nitrogens is 3. The average molecular weight is 428 g/mol. The van der Waals surface area contributed by atoms with Gasteiger partial charge in [-0.1, -0.05) is 5.57 Å². The number of amides is 1. The number of H-pyrrole nitrogens is 1. The molecule has 1 aliphatic heterocycles. The Bertz CT molecular complexity index is 1320. The highest BCUT2D eigenvalue weighted by Crippen LogP contribution is 2.33. The fraction of sp³-hybridized carbons (Fsp3) is 0.208. The number of carbonyl (C=O) groups excluding carboxylic acids is 1. The van der Waals surface area contributed by atoms with Crippen LogP contribution in [0, 0.1) is 0 Å². The van der Waals surface area contributed by atoms with Crippen LogP contribution in [0.2, 0.25) is 0 Å². The molecule has 1 amide bonds. The second-order valence-corrected chi connectivity index (χ2v) is 7.74. The normalized spacial score (nSPS) is 13.8. The number of piperidine rings is 1. The highest BCUT2D eigenvalue weighted by Gasteiger charge is 2.14. The van der Waals surface area contributed by atoms with Gasteiger partial charge < -0.3 is 25.7 Å². The molecule has 4 N–H and O–H groups in total. The zero-order chi connectivity index (χ0) is 21.9. The van der Waals surface area contributed by atoms with E-state index in [4.69, 9.17) is 4.74 Å². The Hall–Kier alpha value is -3.91. The lowest BCUT2D eigenvalue weighted by molar-refractivity contribution is -0.112. The van der Waals surface area contributed by atoms with Gasteiger partial charge in [0.2, 0.25) is 5.91 Å². The highest BCUT2D eigenvalue weighted by molar-refractivity contribution is 6.04. The number of carbonyl (C=O) groups is 1. The number of methoxy groups -OCH3 is 1. The minimum atomic E-state index is -0.163. The molecule has 0 spiro atoms. The third-order valence-electron chi connectivity index (χ3n) is 5.61. The van der Waals surface area contributed by atoms with Gasteiger partial charge in [0.05, 0.1) is 18.3 Å². The number of hydrogen-bond donors (Lipinski definition) is 4. The van der Waals surface area contributed by atoms with E-state index in [1.165, 1.54) is 6.33 Å². The van der Waals surface area contributed by atoms with Crippen LogP contribution in [0.1, 0.15) is 12.8 Å². The fourth-order valence-corrected chi connectivity index (χ4v) is 3.96. The van der Waals surface area contributed by atoms with Crippen molar-refractivity contribution in [2.45, 2.75) is 12.8 Å². The van der Waals surface area contributed by atoms with Crippen molar-refractivity contribution in [3.8, 4) is 5.75 Å². The summed E-state index contributed by atoms with van der Waals surface area (Å²) < 4.78 is 5.51. The summed E-state index contributed by atoms with van der Waals surface area (Å²) in [5.41, 5.74) is 4.42. The summed E-state index contributed by atoms with van der Waals surface area (Å²) >= 11 is 0. The summed E-state index contributed by atoms with van der Waals surface area (Å²) in [6.07, 6.45) is 6.89. The Kier molecular flexibility index (Phi) is 5.43. The van der Waals surface area contributed by atoms with Gasteiger partial charge in [-0.2, -0.15) is 0 Å². The molecule has 162 valence electrons. The van der Waals surface area contributed by atoms with Gasteiger partial charge in [-0.05, 0) is 56.3 Å². The second-order valence-electron chi connectivity index (χ2n) is 7.74. The third-order valence-corrected chi connectivity index (χ3v) is 5.61. The third kappa shape index (κ3) is 4.13. The first-order chi connectivity index (χ1) is 15.7. The average Bonchev–Trinajstić information content (AvgIpc) is 3.27. The molecule has 0 saturated carbocycles. The number of hydrogen-bond acceptors (Lipinski definition) is 6. The standard InChI is InChI=1S/C24H24N6O2/c1-32-22-13-20-18(12-21(22)30-23(31)10-15-4-7-25-8-5-15)24(28-14-27-20)29-17-2-3-19-16(11-17)6-9-26-19/h2-3,6,9-14,25-26H,4-5,7-8H2,1H3,(H,30,31)(H,27,28,29). The lowest BCUT2D eigenvalue weighted by Gasteiger charge is -2.16. The van der Waals surface area contributed by atoms with Gasteiger partial charge in [0.15, 0.2) is 0 Å². The molecule has 4 aromatic rings. The summed E-state index contributed by atoms with van der Waals surface area (Å²) in [6, 6.07) is 11.7.